The number of nitrogens with one attached hydrogen (secondary N) is 1. The van der Waals surface area contributed by atoms with E-state index in [-0.39, 0.29) is 5.41 Å². The smallest absolute Gasteiger partial charge is 0.0982 e. The van der Waals surface area contributed by atoms with Crippen molar-refractivity contribution in [1.29, 1.82) is 0 Å². The molecular formula is C17H29N3S. The van der Waals surface area contributed by atoms with Crippen molar-refractivity contribution in [1.82, 2.24) is 15.2 Å². The molecule has 4 heteroatoms. The Morgan fingerprint density at radius 2 is 2.14 bits per heavy atom. The van der Waals surface area contributed by atoms with Gasteiger partial charge >= 0.3 is 0 Å². The minimum atomic E-state index is 0.178. The molecule has 118 valence electrons. The summed E-state index contributed by atoms with van der Waals surface area (Å²) in [6, 6.07) is 1.44. The molecule has 21 heavy (non-hydrogen) atoms. The molecule has 1 aromatic heterocycles. The molecule has 0 saturated carbocycles. The topological polar surface area (TPSA) is 28.2 Å². The maximum atomic E-state index is 4.89. The molecule has 2 aliphatic heterocycles. The maximum Gasteiger partial charge on any atom is 0.0982 e. The standard InChI is InChI=1S/C17H29N3S/c1-17(2,3)16-19-13(12-21-16)11-20-10-5-4-8-15(20)14-7-6-9-18-14/h12,14-15,18H,4-11H2,1-3H3. The Morgan fingerprint density at radius 1 is 1.29 bits per heavy atom. The molecule has 2 saturated heterocycles. The highest BCUT2D eigenvalue weighted by Crippen LogP contribution is 2.29. The summed E-state index contributed by atoms with van der Waals surface area (Å²) in [7, 11) is 0. The van der Waals surface area contributed by atoms with Crippen molar-refractivity contribution in [2.75, 3.05) is 13.1 Å². The van der Waals surface area contributed by atoms with Gasteiger partial charge in [-0.05, 0) is 38.8 Å². The number of hydrogen-bond acceptors (Lipinski definition) is 4. The third-order valence-electron chi connectivity index (χ3n) is 4.79. The fraction of sp³-hybridized carbons (Fsp3) is 0.824. The molecule has 0 aromatic carbocycles. The lowest BCUT2D eigenvalue weighted by Crippen LogP contribution is -2.49. The van der Waals surface area contributed by atoms with Gasteiger partial charge in [0.1, 0.15) is 0 Å². The number of nitrogens with zero attached hydrogens (tertiary/aromatic N) is 2. The van der Waals surface area contributed by atoms with Crippen LogP contribution in [0.4, 0.5) is 0 Å². The first kappa shape index (κ1) is 15.4. The van der Waals surface area contributed by atoms with Gasteiger partial charge in [-0.1, -0.05) is 27.2 Å². The van der Waals surface area contributed by atoms with Crippen molar-refractivity contribution in [2.24, 2.45) is 0 Å². The van der Waals surface area contributed by atoms with E-state index in [2.05, 4.69) is 36.4 Å². The summed E-state index contributed by atoms with van der Waals surface area (Å²) in [5.74, 6) is 0. The van der Waals surface area contributed by atoms with E-state index in [0.29, 0.717) is 6.04 Å². The van der Waals surface area contributed by atoms with Gasteiger partial charge in [-0.15, -0.1) is 11.3 Å². The zero-order valence-corrected chi connectivity index (χ0v) is 14.5. The molecule has 0 amide bonds. The maximum absolute atomic E-state index is 4.89. The number of hydrogen-bond donors (Lipinski definition) is 1. The summed E-state index contributed by atoms with van der Waals surface area (Å²) in [5, 5.41) is 7.25. The second kappa shape index (κ2) is 6.35. The number of rotatable bonds is 3. The molecule has 0 bridgehead atoms. The summed E-state index contributed by atoms with van der Waals surface area (Å²) in [6.45, 7) is 10.2. The Bertz CT molecular complexity index is 457. The van der Waals surface area contributed by atoms with Crippen molar-refractivity contribution >= 4 is 11.3 Å². The van der Waals surface area contributed by atoms with Crippen LogP contribution in [0, 0.1) is 0 Å². The molecule has 2 aliphatic rings. The third kappa shape index (κ3) is 3.66. The minimum Gasteiger partial charge on any atom is -0.312 e. The van der Waals surface area contributed by atoms with Gasteiger partial charge < -0.3 is 5.32 Å². The van der Waals surface area contributed by atoms with Gasteiger partial charge in [0.15, 0.2) is 0 Å². The molecule has 2 fully saturated rings. The molecule has 0 spiro atoms. The van der Waals surface area contributed by atoms with E-state index in [4.69, 9.17) is 4.98 Å². The summed E-state index contributed by atoms with van der Waals surface area (Å²) in [6.07, 6.45) is 6.79. The molecule has 0 aliphatic carbocycles. The summed E-state index contributed by atoms with van der Waals surface area (Å²) in [5.41, 5.74) is 1.45. The van der Waals surface area contributed by atoms with Crippen LogP contribution in [0.2, 0.25) is 0 Å². The SMILES string of the molecule is CC(C)(C)c1nc(CN2CCCCC2C2CCCN2)cs1. The van der Waals surface area contributed by atoms with E-state index >= 15 is 0 Å². The Kier molecular flexibility index (Phi) is 4.67. The van der Waals surface area contributed by atoms with Gasteiger partial charge in [-0.25, -0.2) is 4.98 Å². The van der Waals surface area contributed by atoms with Crippen LogP contribution in [0.3, 0.4) is 0 Å². The molecule has 3 rings (SSSR count). The molecule has 0 radical (unpaired) electrons. The first-order chi connectivity index (χ1) is 10.0. The molecule has 1 aromatic rings. The van der Waals surface area contributed by atoms with E-state index in [1.54, 1.807) is 0 Å². The quantitative estimate of drug-likeness (QED) is 0.925. The van der Waals surface area contributed by atoms with E-state index in [1.165, 1.54) is 55.9 Å². The fourth-order valence-corrected chi connectivity index (χ4v) is 4.54. The van der Waals surface area contributed by atoms with Gasteiger partial charge in [-0.2, -0.15) is 0 Å². The lowest BCUT2D eigenvalue weighted by molar-refractivity contribution is 0.111. The number of piperidine rings is 1. The van der Waals surface area contributed by atoms with Crippen LogP contribution < -0.4 is 5.32 Å². The molecule has 3 nitrogen and oxygen atoms in total. The second-order valence-electron chi connectivity index (χ2n) is 7.63. The fourth-order valence-electron chi connectivity index (χ4n) is 3.64. The highest BCUT2D eigenvalue weighted by atomic mass is 32.1. The van der Waals surface area contributed by atoms with Crippen molar-refractivity contribution in [3.63, 3.8) is 0 Å². The summed E-state index contributed by atoms with van der Waals surface area (Å²) < 4.78 is 0. The monoisotopic (exact) mass is 307 g/mol. The average molecular weight is 308 g/mol. The molecule has 1 N–H and O–H groups in total. The lowest BCUT2D eigenvalue weighted by Gasteiger charge is -2.39. The predicted molar refractivity (Wildman–Crippen MR) is 89.9 cm³/mol. The van der Waals surface area contributed by atoms with Crippen molar-refractivity contribution in [3.05, 3.63) is 16.1 Å². The minimum absolute atomic E-state index is 0.178. The van der Waals surface area contributed by atoms with E-state index in [9.17, 15) is 0 Å². The van der Waals surface area contributed by atoms with Crippen molar-refractivity contribution in [3.8, 4) is 0 Å². The van der Waals surface area contributed by atoms with Crippen LogP contribution in [0.5, 0.6) is 0 Å². The van der Waals surface area contributed by atoms with E-state index in [1.807, 2.05) is 11.3 Å². The Labute approximate surface area is 133 Å². The number of thiazole rings is 1. The van der Waals surface area contributed by atoms with Crippen LogP contribution in [0.1, 0.15) is 63.6 Å². The second-order valence-corrected chi connectivity index (χ2v) is 8.49. The highest BCUT2D eigenvalue weighted by molar-refractivity contribution is 7.09. The van der Waals surface area contributed by atoms with Crippen LogP contribution >= 0.6 is 11.3 Å². The summed E-state index contributed by atoms with van der Waals surface area (Å²) >= 11 is 1.83. The first-order valence-electron chi connectivity index (χ1n) is 8.46. The Hall–Kier alpha value is -0.450. The van der Waals surface area contributed by atoms with Gasteiger partial charge in [-0.3, -0.25) is 4.90 Å². The highest BCUT2D eigenvalue weighted by Gasteiger charge is 2.32. The van der Waals surface area contributed by atoms with Crippen LogP contribution in [0.25, 0.3) is 0 Å². The van der Waals surface area contributed by atoms with Gasteiger partial charge in [0.2, 0.25) is 0 Å². The average Bonchev–Trinajstić information content (AvgIpc) is 3.09. The zero-order chi connectivity index (χ0) is 14.9. The lowest BCUT2D eigenvalue weighted by atomic mass is 9.94. The van der Waals surface area contributed by atoms with Crippen molar-refractivity contribution < 1.29 is 0 Å². The summed E-state index contributed by atoms with van der Waals surface area (Å²) in [4.78, 5) is 7.58. The van der Waals surface area contributed by atoms with E-state index < -0.39 is 0 Å². The number of likely N-dealkylation sites (tertiary alicyclic amines) is 1. The Morgan fingerprint density at radius 3 is 2.81 bits per heavy atom. The number of aromatic nitrogens is 1. The first-order valence-corrected chi connectivity index (χ1v) is 9.34. The van der Waals surface area contributed by atoms with Crippen LogP contribution in [-0.4, -0.2) is 35.1 Å². The third-order valence-corrected chi connectivity index (χ3v) is 6.10. The zero-order valence-electron chi connectivity index (χ0n) is 13.7. The molecule has 2 atom stereocenters. The van der Waals surface area contributed by atoms with Gasteiger partial charge in [0.25, 0.3) is 0 Å². The van der Waals surface area contributed by atoms with Crippen molar-refractivity contribution in [2.45, 2.75) is 76.9 Å². The van der Waals surface area contributed by atoms with E-state index in [0.717, 1.165) is 12.6 Å². The largest absolute Gasteiger partial charge is 0.312 e. The molecular weight excluding hydrogens is 278 g/mol. The normalized spacial score (nSPS) is 28.1. The van der Waals surface area contributed by atoms with Gasteiger partial charge in [0, 0.05) is 29.4 Å². The Balaban J connectivity index is 1.68. The predicted octanol–water partition coefficient (Wildman–Crippen LogP) is 3.55. The van der Waals surface area contributed by atoms with Gasteiger partial charge in [0.05, 0.1) is 10.7 Å². The van der Waals surface area contributed by atoms with Crippen LogP contribution in [-0.2, 0) is 12.0 Å². The molecule has 3 heterocycles. The van der Waals surface area contributed by atoms with Crippen LogP contribution in [0.15, 0.2) is 5.38 Å². The molecule has 2 unspecified atom stereocenters.